The molecule has 1 heterocycles. The Kier molecular flexibility index (Phi) is 6.08. The maximum absolute atomic E-state index is 12.6. The number of rotatable bonds is 5. The summed E-state index contributed by atoms with van der Waals surface area (Å²) in [6, 6.07) is 5.06. The number of ether oxygens (including phenoxy) is 3. The number of morpholine rings is 1. The Hall–Kier alpha value is -1.64. The number of carbonyl (C=O) groups excluding carboxylic acids is 1. The summed E-state index contributed by atoms with van der Waals surface area (Å²) in [6.07, 6.45) is -3.24. The number of alkyl halides is 3. The molecule has 1 saturated heterocycles. The van der Waals surface area contributed by atoms with Crippen molar-refractivity contribution in [2.75, 3.05) is 26.8 Å². The van der Waals surface area contributed by atoms with Gasteiger partial charge in [0.25, 0.3) is 0 Å². The first-order chi connectivity index (χ1) is 12.8. The first-order valence-electron chi connectivity index (χ1n) is 9.11. The molecule has 0 bridgehead atoms. The molecule has 0 saturated carbocycles. The molecule has 1 fully saturated rings. The number of esters is 1. The van der Waals surface area contributed by atoms with Gasteiger partial charge in [0.05, 0.1) is 18.8 Å². The molecule has 0 spiro atoms. The quantitative estimate of drug-likeness (QED) is 0.574. The first kappa shape index (κ1) is 20.1. The summed E-state index contributed by atoms with van der Waals surface area (Å²) in [6.45, 7) is 4.26. The lowest BCUT2D eigenvalue weighted by Gasteiger charge is -2.47. The number of fused-ring (bicyclic) bond motifs is 2. The topological polar surface area (TPSA) is 48.0 Å². The summed E-state index contributed by atoms with van der Waals surface area (Å²) in [4.78, 5) is 13.6. The number of methoxy groups -OCH3 is 1. The third-order valence-electron chi connectivity index (χ3n) is 5.07. The van der Waals surface area contributed by atoms with Crippen LogP contribution in [0.4, 0.5) is 13.2 Å². The van der Waals surface area contributed by atoms with Crippen LogP contribution in [0.1, 0.15) is 24.5 Å². The van der Waals surface area contributed by atoms with Gasteiger partial charge in [-0.25, -0.2) is 4.79 Å². The molecule has 0 aromatic heterocycles. The molecule has 3 atom stereocenters. The van der Waals surface area contributed by atoms with E-state index in [1.807, 2.05) is 6.07 Å². The lowest BCUT2D eigenvalue weighted by atomic mass is 9.83. The van der Waals surface area contributed by atoms with Gasteiger partial charge in [0.15, 0.2) is 0 Å². The largest absolute Gasteiger partial charge is 0.491 e. The van der Waals surface area contributed by atoms with Crippen molar-refractivity contribution in [2.45, 2.75) is 50.6 Å². The van der Waals surface area contributed by atoms with Crippen LogP contribution in [-0.4, -0.2) is 62.1 Å². The third kappa shape index (κ3) is 4.44. The Morgan fingerprint density at radius 1 is 1.33 bits per heavy atom. The van der Waals surface area contributed by atoms with Crippen molar-refractivity contribution in [3.8, 4) is 5.75 Å². The summed E-state index contributed by atoms with van der Waals surface area (Å²) in [5, 5.41) is 0. The van der Waals surface area contributed by atoms with Crippen LogP contribution in [0.5, 0.6) is 5.75 Å². The minimum Gasteiger partial charge on any atom is -0.420 e. The number of benzene rings is 1. The molecule has 0 amide bonds. The molecular formula is C19H24F3NO4. The van der Waals surface area contributed by atoms with Gasteiger partial charge in [-0.15, -0.1) is 0 Å². The number of carbonyl (C=O) groups is 1. The molecular weight excluding hydrogens is 363 g/mol. The molecule has 1 aliphatic carbocycles. The summed E-state index contributed by atoms with van der Waals surface area (Å²) in [7, 11) is 1.62. The number of nitrogens with zero attached hydrogens (tertiary/aromatic N) is 1. The van der Waals surface area contributed by atoms with Crippen molar-refractivity contribution in [1.29, 1.82) is 0 Å². The Labute approximate surface area is 156 Å². The number of hydrogen-bond acceptors (Lipinski definition) is 5. The summed E-state index contributed by atoms with van der Waals surface area (Å²) < 4.78 is 53.8. The van der Waals surface area contributed by atoms with Gasteiger partial charge in [0.2, 0.25) is 0 Å². The molecule has 1 aromatic carbocycles. The highest BCUT2D eigenvalue weighted by atomic mass is 19.4. The second kappa shape index (κ2) is 8.16. The molecule has 0 N–H and O–H groups in total. The molecule has 150 valence electrons. The maximum Gasteiger partial charge on any atom is 0.491 e. The van der Waals surface area contributed by atoms with E-state index in [1.165, 1.54) is 6.07 Å². The van der Waals surface area contributed by atoms with Crippen molar-refractivity contribution in [3.63, 3.8) is 0 Å². The zero-order valence-corrected chi connectivity index (χ0v) is 15.4. The second-order valence-electron chi connectivity index (χ2n) is 7.00. The predicted molar refractivity (Wildman–Crippen MR) is 91.7 cm³/mol. The van der Waals surface area contributed by atoms with Crippen molar-refractivity contribution in [3.05, 3.63) is 29.3 Å². The predicted octanol–water partition coefficient (Wildman–Crippen LogP) is 2.75. The summed E-state index contributed by atoms with van der Waals surface area (Å²) in [5.74, 6) is -2.24. The number of hydrogen-bond donors (Lipinski definition) is 0. The summed E-state index contributed by atoms with van der Waals surface area (Å²) >= 11 is 0. The van der Waals surface area contributed by atoms with E-state index in [1.54, 1.807) is 13.2 Å². The van der Waals surface area contributed by atoms with E-state index in [0.717, 1.165) is 25.1 Å². The lowest BCUT2D eigenvalue weighted by molar-refractivity contribution is -0.189. The van der Waals surface area contributed by atoms with Crippen molar-refractivity contribution in [2.24, 2.45) is 0 Å². The fourth-order valence-corrected chi connectivity index (χ4v) is 3.99. The Morgan fingerprint density at radius 3 is 2.78 bits per heavy atom. The van der Waals surface area contributed by atoms with Gasteiger partial charge >= 0.3 is 12.1 Å². The number of halogens is 3. The smallest absolute Gasteiger partial charge is 0.420 e. The van der Waals surface area contributed by atoms with Crippen LogP contribution in [-0.2, 0) is 27.1 Å². The summed E-state index contributed by atoms with van der Waals surface area (Å²) in [5.41, 5.74) is 1.52. The zero-order valence-electron chi connectivity index (χ0n) is 15.4. The molecule has 2 aliphatic rings. The molecule has 0 unspecified atom stereocenters. The maximum atomic E-state index is 12.6. The van der Waals surface area contributed by atoms with Crippen molar-refractivity contribution in [1.82, 2.24) is 4.90 Å². The highest BCUT2D eigenvalue weighted by molar-refractivity contribution is 5.78. The first-order valence-corrected chi connectivity index (χ1v) is 9.11. The van der Waals surface area contributed by atoms with E-state index in [-0.39, 0.29) is 24.0 Å². The minimum absolute atomic E-state index is 0.0345. The van der Waals surface area contributed by atoms with Crippen LogP contribution in [0.25, 0.3) is 0 Å². The van der Waals surface area contributed by atoms with Crippen LogP contribution in [0, 0.1) is 0 Å². The normalized spacial score (nSPS) is 25.6. The standard InChI is InChI=1S/C19H24F3NO4/c1-3-7-23-10-13(11-25-2)26-17-9-14-12(8-15(17)23)5-4-6-16(14)27-18(24)19(20,21)22/h4-6,13,15,17H,3,7-11H2,1-2H3/t13-,15-,17-/m1/s1. The van der Waals surface area contributed by atoms with Crippen LogP contribution in [0.2, 0.25) is 0 Å². The van der Waals surface area contributed by atoms with E-state index < -0.39 is 12.1 Å². The highest BCUT2D eigenvalue weighted by Crippen LogP contribution is 2.36. The molecule has 8 heteroatoms. The van der Waals surface area contributed by atoms with E-state index in [0.29, 0.717) is 25.0 Å². The Bertz CT molecular complexity index is 679. The SMILES string of the molecule is CCCN1C[C@H](COC)O[C@@H]2Cc3c(cccc3OC(=O)C(F)(F)F)C[C@H]21. The van der Waals surface area contributed by atoms with Gasteiger partial charge in [0.1, 0.15) is 5.75 Å². The van der Waals surface area contributed by atoms with Gasteiger partial charge in [-0.3, -0.25) is 4.90 Å². The van der Waals surface area contributed by atoms with E-state index in [2.05, 4.69) is 16.6 Å². The average molecular weight is 387 g/mol. The monoisotopic (exact) mass is 387 g/mol. The van der Waals surface area contributed by atoms with Gasteiger partial charge in [0, 0.05) is 31.7 Å². The van der Waals surface area contributed by atoms with Crippen molar-refractivity contribution >= 4 is 5.97 Å². The molecule has 1 aliphatic heterocycles. The minimum atomic E-state index is -5.03. The van der Waals surface area contributed by atoms with Gasteiger partial charge < -0.3 is 14.2 Å². The fourth-order valence-electron chi connectivity index (χ4n) is 3.99. The fraction of sp³-hybridized carbons (Fsp3) is 0.632. The lowest BCUT2D eigenvalue weighted by Crippen LogP contribution is -2.59. The van der Waals surface area contributed by atoms with Gasteiger partial charge in [-0.2, -0.15) is 13.2 Å². The second-order valence-corrected chi connectivity index (χ2v) is 7.00. The molecule has 3 rings (SSSR count). The third-order valence-corrected chi connectivity index (χ3v) is 5.07. The van der Waals surface area contributed by atoms with E-state index in [9.17, 15) is 18.0 Å². The van der Waals surface area contributed by atoms with Gasteiger partial charge in [-0.05, 0) is 31.0 Å². The van der Waals surface area contributed by atoms with E-state index in [4.69, 9.17) is 9.47 Å². The molecule has 5 nitrogen and oxygen atoms in total. The highest BCUT2D eigenvalue weighted by Gasteiger charge is 2.43. The average Bonchev–Trinajstić information content (AvgIpc) is 2.60. The van der Waals surface area contributed by atoms with E-state index >= 15 is 0 Å². The molecule has 1 aromatic rings. The molecule has 27 heavy (non-hydrogen) atoms. The van der Waals surface area contributed by atoms with Crippen LogP contribution < -0.4 is 4.74 Å². The van der Waals surface area contributed by atoms with Crippen LogP contribution in [0.15, 0.2) is 18.2 Å². The Morgan fingerprint density at radius 2 is 2.11 bits per heavy atom. The molecule has 0 radical (unpaired) electrons. The van der Waals surface area contributed by atoms with Crippen LogP contribution >= 0.6 is 0 Å². The van der Waals surface area contributed by atoms with Gasteiger partial charge in [-0.1, -0.05) is 19.1 Å². The Balaban J connectivity index is 1.85. The van der Waals surface area contributed by atoms with Crippen LogP contribution in [0.3, 0.4) is 0 Å². The zero-order chi connectivity index (χ0) is 19.6. The van der Waals surface area contributed by atoms with Crippen molar-refractivity contribution < 1.29 is 32.2 Å².